The van der Waals surface area contributed by atoms with Crippen molar-refractivity contribution in [2.45, 2.75) is 0 Å². The lowest BCUT2D eigenvalue weighted by atomic mass is 10.2. The predicted molar refractivity (Wildman–Crippen MR) is 67.4 cm³/mol. The second-order valence-electron chi connectivity index (χ2n) is 3.40. The molecular weight excluding hydrogens is 234 g/mol. The van der Waals surface area contributed by atoms with Gasteiger partial charge in [-0.15, -0.1) is 0 Å². The van der Waals surface area contributed by atoms with Crippen molar-refractivity contribution >= 4 is 17.6 Å². The minimum atomic E-state index is -0.423. The summed E-state index contributed by atoms with van der Waals surface area (Å²) in [4.78, 5) is 22.6. The molecule has 0 heterocycles. The van der Waals surface area contributed by atoms with Crippen molar-refractivity contribution in [1.82, 2.24) is 0 Å². The highest BCUT2D eigenvalue weighted by Gasteiger charge is 2.06. The van der Waals surface area contributed by atoms with E-state index in [0.717, 1.165) is 0 Å². The number of rotatable bonds is 6. The Morgan fingerprint density at radius 1 is 1.28 bits per heavy atom. The standard InChI is InChI=1S/C13H15NO4/c1-3-12(15)14-11-6-4-10(5-7-11)13(16)18-9-8-17-2/h3-7H,1,8-9H2,2H3,(H,14,15). The Kier molecular flexibility index (Phi) is 5.60. The fraction of sp³-hybridized carbons (Fsp3) is 0.231. The molecule has 0 radical (unpaired) electrons. The van der Waals surface area contributed by atoms with Crippen LogP contribution in [0.3, 0.4) is 0 Å². The Bertz CT molecular complexity index is 425. The maximum atomic E-state index is 11.5. The third kappa shape index (κ3) is 4.39. The van der Waals surface area contributed by atoms with Crippen LogP contribution in [-0.4, -0.2) is 32.2 Å². The Morgan fingerprint density at radius 2 is 1.94 bits per heavy atom. The lowest BCUT2D eigenvalue weighted by Gasteiger charge is -2.05. The highest BCUT2D eigenvalue weighted by Crippen LogP contribution is 2.10. The minimum Gasteiger partial charge on any atom is -0.460 e. The number of ether oxygens (including phenoxy) is 2. The van der Waals surface area contributed by atoms with Crippen molar-refractivity contribution < 1.29 is 19.1 Å². The third-order valence-corrected chi connectivity index (χ3v) is 2.09. The van der Waals surface area contributed by atoms with Gasteiger partial charge in [0.2, 0.25) is 5.91 Å². The predicted octanol–water partition coefficient (Wildman–Crippen LogP) is 1.61. The lowest BCUT2D eigenvalue weighted by Crippen LogP contribution is -2.10. The van der Waals surface area contributed by atoms with Gasteiger partial charge >= 0.3 is 5.97 Å². The van der Waals surface area contributed by atoms with Crippen molar-refractivity contribution in [3.05, 3.63) is 42.5 Å². The first-order chi connectivity index (χ1) is 8.67. The molecule has 96 valence electrons. The van der Waals surface area contributed by atoms with Gasteiger partial charge in [-0.05, 0) is 30.3 Å². The number of methoxy groups -OCH3 is 1. The summed E-state index contributed by atoms with van der Waals surface area (Å²) < 4.78 is 9.71. The number of esters is 1. The van der Waals surface area contributed by atoms with E-state index < -0.39 is 5.97 Å². The Morgan fingerprint density at radius 3 is 2.50 bits per heavy atom. The molecule has 1 aromatic carbocycles. The molecule has 0 unspecified atom stereocenters. The quantitative estimate of drug-likeness (QED) is 0.472. The molecule has 1 aromatic rings. The van der Waals surface area contributed by atoms with Crippen LogP contribution in [0.5, 0.6) is 0 Å². The maximum absolute atomic E-state index is 11.5. The zero-order valence-electron chi connectivity index (χ0n) is 10.1. The van der Waals surface area contributed by atoms with Crippen LogP contribution in [0, 0.1) is 0 Å². The Hall–Kier alpha value is -2.14. The molecule has 0 aromatic heterocycles. The molecule has 0 aliphatic carbocycles. The summed E-state index contributed by atoms with van der Waals surface area (Å²) in [5.74, 6) is -0.723. The highest BCUT2D eigenvalue weighted by molar-refractivity contribution is 5.99. The van der Waals surface area contributed by atoms with Crippen LogP contribution in [0.2, 0.25) is 0 Å². The molecule has 0 atom stereocenters. The number of amides is 1. The number of nitrogens with one attached hydrogen (secondary N) is 1. The molecule has 5 nitrogen and oxygen atoms in total. The van der Waals surface area contributed by atoms with Gasteiger partial charge in [-0.2, -0.15) is 0 Å². The van der Waals surface area contributed by atoms with Gasteiger partial charge in [0.25, 0.3) is 0 Å². The Labute approximate surface area is 105 Å². The zero-order chi connectivity index (χ0) is 13.4. The van der Waals surface area contributed by atoms with E-state index in [9.17, 15) is 9.59 Å². The molecule has 1 N–H and O–H groups in total. The molecule has 5 heteroatoms. The fourth-order valence-electron chi connectivity index (χ4n) is 1.18. The van der Waals surface area contributed by atoms with Crippen LogP contribution in [0.15, 0.2) is 36.9 Å². The van der Waals surface area contributed by atoms with Crippen molar-refractivity contribution in [2.75, 3.05) is 25.6 Å². The lowest BCUT2D eigenvalue weighted by molar-refractivity contribution is -0.111. The van der Waals surface area contributed by atoms with Gasteiger partial charge in [0, 0.05) is 12.8 Å². The molecule has 0 fully saturated rings. The average Bonchev–Trinajstić information content (AvgIpc) is 2.39. The van der Waals surface area contributed by atoms with E-state index in [1.54, 1.807) is 24.3 Å². The van der Waals surface area contributed by atoms with Crippen LogP contribution in [-0.2, 0) is 14.3 Å². The van der Waals surface area contributed by atoms with E-state index in [4.69, 9.17) is 9.47 Å². The monoisotopic (exact) mass is 249 g/mol. The number of hydrogen-bond acceptors (Lipinski definition) is 4. The van der Waals surface area contributed by atoms with E-state index in [1.807, 2.05) is 0 Å². The first kappa shape index (κ1) is 13.9. The van der Waals surface area contributed by atoms with Gasteiger partial charge in [-0.3, -0.25) is 4.79 Å². The largest absolute Gasteiger partial charge is 0.460 e. The molecule has 1 rings (SSSR count). The topological polar surface area (TPSA) is 64.6 Å². The number of benzene rings is 1. The summed E-state index contributed by atoms with van der Waals surface area (Å²) in [5.41, 5.74) is 1.01. The normalized spacial score (nSPS) is 9.61. The molecule has 1 amide bonds. The molecule has 0 aliphatic rings. The first-order valence-electron chi connectivity index (χ1n) is 5.37. The molecule has 0 aliphatic heterocycles. The zero-order valence-corrected chi connectivity index (χ0v) is 10.1. The number of anilines is 1. The van der Waals surface area contributed by atoms with Gasteiger partial charge in [-0.25, -0.2) is 4.79 Å². The van der Waals surface area contributed by atoms with Crippen LogP contribution in [0.25, 0.3) is 0 Å². The van der Waals surface area contributed by atoms with E-state index in [1.165, 1.54) is 13.2 Å². The van der Waals surface area contributed by atoms with Crippen molar-refractivity contribution in [3.63, 3.8) is 0 Å². The second-order valence-corrected chi connectivity index (χ2v) is 3.40. The van der Waals surface area contributed by atoms with E-state index in [0.29, 0.717) is 17.9 Å². The molecule has 18 heavy (non-hydrogen) atoms. The van der Waals surface area contributed by atoms with Gasteiger partial charge < -0.3 is 14.8 Å². The summed E-state index contributed by atoms with van der Waals surface area (Å²) in [6, 6.07) is 6.39. The summed E-state index contributed by atoms with van der Waals surface area (Å²) >= 11 is 0. The average molecular weight is 249 g/mol. The van der Waals surface area contributed by atoms with Crippen LogP contribution in [0.1, 0.15) is 10.4 Å². The number of carbonyl (C=O) groups excluding carboxylic acids is 2. The van der Waals surface area contributed by atoms with E-state index in [-0.39, 0.29) is 12.5 Å². The van der Waals surface area contributed by atoms with E-state index in [2.05, 4.69) is 11.9 Å². The molecule has 0 spiro atoms. The van der Waals surface area contributed by atoms with Crippen LogP contribution >= 0.6 is 0 Å². The van der Waals surface area contributed by atoms with Gasteiger partial charge in [0.15, 0.2) is 0 Å². The summed E-state index contributed by atoms with van der Waals surface area (Å²) in [5, 5.41) is 2.58. The van der Waals surface area contributed by atoms with Crippen LogP contribution in [0.4, 0.5) is 5.69 Å². The smallest absolute Gasteiger partial charge is 0.338 e. The summed E-state index contributed by atoms with van der Waals surface area (Å²) in [7, 11) is 1.53. The van der Waals surface area contributed by atoms with Gasteiger partial charge in [0.1, 0.15) is 6.61 Å². The number of carbonyl (C=O) groups is 2. The minimum absolute atomic E-state index is 0.213. The van der Waals surface area contributed by atoms with Gasteiger partial charge in [-0.1, -0.05) is 6.58 Å². The molecule has 0 saturated carbocycles. The SMILES string of the molecule is C=CC(=O)Nc1ccc(C(=O)OCCOC)cc1. The second kappa shape index (κ2) is 7.24. The van der Waals surface area contributed by atoms with Crippen molar-refractivity contribution in [3.8, 4) is 0 Å². The third-order valence-electron chi connectivity index (χ3n) is 2.09. The summed E-state index contributed by atoms with van der Waals surface area (Å²) in [6.45, 7) is 3.92. The number of hydrogen-bond donors (Lipinski definition) is 1. The highest BCUT2D eigenvalue weighted by atomic mass is 16.6. The molecule has 0 bridgehead atoms. The van der Waals surface area contributed by atoms with Crippen molar-refractivity contribution in [2.24, 2.45) is 0 Å². The first-order valence-corrected chi connectivity index (χ1v) is 5.37. The maximum Gasteiger partial charge on any atom is 0.338 e. The molecule has 0 saturated heterocycles. The van der Waals surface area contributed by atoms with Gasteiger partial charge in [0.05, 0.1) is 12.2 Å². The Balaban J connectivity index is 2.56. The van der Waals surface area contributed by atoms with E-state index >= 15 is 0 Å². The fourth-order valence-corrected chi connectivity index (χ4v) is 1.18. The molecular formula is C13H15NO4. The summed E-state index contributed by atoms with van der Waals surface area (Å²) in [6.07, 6.45) is 1.17. The van der Waals surface area contributed by atoms with Crippen LogP contribution < -0.4 is 5.32 Å². The van der Waals surface area contributed by atoms with Crippen molar-refractivity contribution in [1.29, 1.82) is 0 Å².